The molecule has 1 saturated heterocycles. The predicted molar refractivity (Wildman–Crippen MR) is 92.6 cm³/mol. The molecule has 2 amide bonds. The van der Waals surface area contributed by atoms with Gasteiger partial charge in [-0.05, 0) is 18.1 Å². The number of hydrogen-bond donors (Lipinski definition) is 2. The molecule has 0 aliphatic carbocycles. The van der Waals surface area contributed by atoms with Crippen LogP contribution in [0.15, 0.2) is 54.6 Å². The van der Waals surface area contributed by atoms with E-state index in [1.165, 1.54) is 0 Å². The van der Waals surface area contributed by atoms with Gasteiger partial charge in [-0.3, -0.25) is 9.59 Å². The maximum atomic E-state index is 12.1. The van der Waals surface area contributed by atoms with Crippen molar-refractivity contribution in [1.29, 1.82) is 0 Å². The predicted octanol–water partition coefficient (Wildman–Crippen LogP) is 2.11. The van der Waals surface area contributed by atoms with E-state index >= 15 is 0 Å². The van der Waals surface area contributed by atoms with Gasteiger partial charge in [-0.15, -0.1) is 0 Å². The molecular formula is C19H18N2O4. The summed E-state index contributed by atoms with van der Waals surface area (Å²) in [4.78, 5) is 35.0. The first-order chi connectivity index (χ1) is 12.1. The van der Waals surface area contributed by atoms with Crippen molar-refractivity contribution >= 4 is 23.5 Å². The average Bonchev–Trinajstić information content (AvgIpc) is 3.07. The Kier molecular flexibility index (Phi) is 5.09. The van der Waals surface area contributed by atoms with E-state index in [9.17, 15) is 14.4 Å². The van der Waals surface area contributed by atoms with E-state index in [2.05, 4.69) is 10.6 Å². The van der Waals surface area contributed by atoms with Crippen molar-refractivity contribution in [2.45, 2.75) is 18.9 Å². The van der Waals surface area contributed by atoms with Crippen LogP contribution >= 0.6 is 0 Å². The number of esters is 1. The Bertz CT molecular complexity index is 789. The molecule has 0 unspecified atom stereocenters. The number of para-hydroxylation sites is 1. The molecule has 0 spiro atoms. The molecular weight excluding hydrogens is 320 g/mol. The molecule has 1 aliphatic rings. The Morgan fingerprint density at radius 2 is 1.80 bits per heavy atom. The van der Waals surface area contributed by atoms with E-state index in [1.54, 1.807) is 6.07 Å². The average molecular weight is 338 g/mol. The van der Waals surface area contributed by atoms with Crippen molar-refractivity contribution < 1.29 is 19.1 Å². The molecule has 3 rings (SSSR count). The fraction of sp³-hybridized carbons (Fsp3) is 0.211. The maximum absolute atomic E-state index is 12.1. The zero-order valence-electron chi connectivity index (χ0n) is 13.5. The largest absolute Gasteiger partial charge is 0.454 e. The molecule has 1 aliphatic heterocycles. The van der Waals surface area contributed by atoms with Gasteiger partial charge < -0.3 is 15.4 Å². The van der Waals surface area contributed by atoms with E-state index in [4.69, 9.17) is 4.74 Å². The molecule has 25 heavy (non-hydrogen) atoms. The minimum Gasteiger partial charge on any atom is -0.454 e. The topological polar surface area (TPSA) is 84.5 Å². The quantitative estimate of drug-likeness (QED) is 0.818. The van der Waals surface area contributed by atoms with Crippen LogP contribution in [0.25, 0.3) is 11.1 Å². The first-order valence-corrected chi connectivity index (χ1v) is 8.04. The van der Waals surface area contributed by atoms with Gasteiger partial charge in [0.1, 0.15) is 6.04 Å². The van der Waals surface area contributed by atoms with Crippen molar-refractivity contribution in [2.24, 2.45) is 0 Å². The number of amides is 2. The molecule has 1 fully saturated rings. The van der Waals surface area contributed by atoms with Crippen molar-refractivity contribution in [3.63, 3.8) is 0 Å². The molecule has 1 heterocycles. The standard InChI is InChI=1S/C19H18N2O4/c22-17-11-10-16(21-17)19(24)25-12-18(23)20-15-9-5-4-8-14(15)13-6-2-1-3-7-13/h1-9,16H,10-12H2,(H,20,23)(H,21,22)/t16-/m1/s1. The fourth-order valence-corrected chi connectivity index (χ4v) is 2.68. The van der Waals surface area contributed by atoms with E-state index in [-0.39, 0.29) is 5.91 Å². The molecule has 6 nitrogen and oxygen atoms in total. The summed E-state index contributed by atoms with van der Waals surface area (Å²) in [5.74, 6) is -1.19. The first kappa shape index (κ1) is 16.7. The van der Waals surface area contributed by atoms with Crippen LogP contribution in [0.5, 0.6) is 0 Å². The van der Waals surface area contributed by atoms with Gasteiger partial charge in [0, 0.05) is 17.7 Å². The zero-order valence-corrected chi connectivity index (χ0v) is 13.5. The number of carbonyl (C=O) groups excluding carboxylic acids is 3. The summed E-state index contributed by atoms with van der Waals surface area (Å²) >= 11 is 0. The Morgan fingerprint density at radius 3 is 2.52 bits per heavy atom. The second-order valence-corrected chi connectivity index (χ2v) is 5.73. The number of rotatable bonds is 5. The Hall–Kier alpha value is -3.15. The lowest BCUT2D eigenvalue weighted by Crippen LogP contribution is -2.36. The lowest BCUT2D eigenvalue weighted by atomic mass is 10.0. The summed E-state index contributed by atoms with van der Waals surface area (Å²) in [5, 5.41) is 5.27. The molecule has 0 bridgehead atoms. The van der Waals surface area contributed by atoms with Gasteiger partial charge in [-0.25, -0.2) is 4.79 Å². The Balaban J connectivity index is 1.60. The SMILES string of the molecule is O=C(COC(=O)[C@H]1CCC(=O)N1)Nc1ccccc1-c1ccccc1. The van der Waals surface area contributed by atoms with Crippen LogP contribution in [0.1, 0.15) is 12.8 Å². The van der Waals surface area contributed by atoms with Gasteiger partial charge in [-0.1, -0.05) is 48.5 Å². The van der Waals surface area contributed by atoms with Crippen LogP contribution < -0.4 is 10.6 Å². The van der Waals surface area contributed by atoms with Crippen molar-refractivity contribution in [1.82, 2.24) is 5.32 Å². The molecule has 1 atom stereocenters. The van der Waals surface area contributed by atoms with Crippen LogP contribution in [-0.2, 0) is 19.1 Å². The van der Waals surface area contributed by atoms with Crippen LogP contribution in [-0.4, -0.2) is 30.4 Å². The molecule has 2 aromatic rings. The Morgan fingerprint density at radius 1 is 1.08 bits per heavy atom. The highest BCUT2D eigenvalue weighted by atomic mass is 16.5. The second kappa shape index (κ2) is 7.61. The van der Waals surface area contributed by atoms with Gasteiger partial charge in [0.05, 0.1) is 0 Å². The van der Waals surface area contributed by atoms with E-state index < -0.39 is 24.5 Å². The Labute approximate surface area is 145 Å². The van der Waals surface area contributed by atoms with Crippen LogP contribution in [0, 0.1) is 0 Å². The first-order valence-electron chi connectivity index (χ1n) is 8.04. The van der Waals surface area contributed by atoms with E-state index in [1.807, 2.05) is 48.5 Å². The van der Waals surface area contributed by atoms with Crippen molar-refractivity contribution in [2.75, 3.05) is 11.9 Å². The highest BCUT2D eigenvalue weighted by molar-refractivity contribution is 5.97. The van der Waals surface area contributed by atoms with Gasteiger partial charge >= 0.3 is 5.97 Å². The van der Waals surface area contributed by atoms with Crippen LogP contribution in [0.4, 0.5) is 5.69 Å². The molecule has 0 radical (unpaired) electrons. The molecule has 6 heteroatoms. The summed E-state index contributed by atoms with van der Waals surface area (Å²) in [5.41, 5.74) is 2.50. The molecule has 0 saturated carbocycles. The van der Waals surface area contributed by atoms with Gasteiger partial charge in [-0.2, -0.15) is 0 Å². The minimum absolute atomic E-state index is 0.178. The monoisotopic (exact) mass is 338 g/mol. The van der Waals surface area contributed by atoms with Crippen LogP contribution in [0.3, 0.4) is 0 Å². The molecule has 2 N–H and O–H groups in total. The number of benzene rings is 2. The summed E-state index contributed by atoms with van der Waals surface area (Å²) < 4.78 is 4.99. The number of hydrogen-bond acceptors (Lipinski definition) is 4. The van der Waals surface area contributed by atoms with E-state index in [0.717, 1.165) is 11.1 Å². The number of nitrogens with one attached hydrogen (secondary N) is 2. The number of carbonyl (C=O) groups is 3. The third-order valence-corrected chi connectivity index (χ3v) is 3.91. The second-order valence-electron chi connectivity index (χ2n) is 5.73. The summed E-state index contributed by atoms with van der Waals surface area (Å²) in [6.45, 7) is -0.395. The van der Waals surface area contributed by atoms with Gasteiger partial charge in [0.15, 0.2) is 6.61 Å². The number of ether oxygens (including phenoxy) is 1. The fourth-order valence-electron chi connectivity index (χ4n) is 2.68. The summed E-state index contributed by atoms with van der Waals surface area (Å²) in [6.07, 6.45) is 0.701. The normalized spacial score (nSPS) is 16.2. The molecule has 2 aromatic carbocycles. The lowest BCUT2D eigenvalue weighted by Gasteiger charge is -2.13. The van der Waals surface area contributed by atoms with Crippen molar-refractivity contribution in [3.8, 4) is 11.1 Å². The van der Waals surface area contributed by atoms with Crippen molar-refractivity contribution in [3.05, 3.63) is 54.6 Å². The third kappa shape index (κ3) is 4.23. The lowest BCUT2D eigenvalue weighted by molar-refractivity contribution is -0.149. The highest BCUT2D eigenvalue weighted by Crippen LogP contribution is 2.27. The number of anilines is 1. The van der Waals surface area contributed by atoms with E-state index in [0.29, 0.717) is 18.5 Å². The summed E-state index contributed by atoms with van der Waals surface area (Å²) in [7, 11) is 0. The smallest absolute Gasteiger partial charge is 0.329 e. The zero-order chi connectivity index (χ0) is 17.6. The molecule has 0 aromatic heterocycles. The third-order valence-electron chi connectivity index (χ3n) is 3.91. The minimum atomic E-state index is -0.656. The molecule has 128 valence electrons. The van der Waals surface area contributed by atoms with Gasteiger partial charge in [0.2, 0.25) is 5.91 Å². The van der Waals surface area contributed by atoms with Gasteiger partial charge in [0.25, 0.3) is 5.91 Å². The highest BCUT2D eigenvalue weighted by Gasteiger charge is 2.28. The maximum Gasteiger partial charge on any atom is 0.329 e. The van der Waals surface area contributed by atoms with Crippen LogP contribution in [0.2, 0.25) is 0 Å². The summed E-state index contributed by atoms with van der Waals surface area (Å²) in [6, 6.07) is 16.4.